The minimum absolute atomic E-state index is 0.0572. The van der Waals surface area contributed by atoms with Crippen molar-refractivity contribution in [3.8, 4) is 0 Å². The van der Waals surface area contributed by atoms with Crippen LogP contribution in [0, 0.1) is 0 Å². The SMILES string of the molecule is FC1(F)CCN(c2ns[nH]2)CC1. The maximum atomic E-state index is 12.7. The van der Waals surface area contributed by atoms with Crippen LogP contribution in [-0.4, -0.2) is 27.8 Å². The highest BCUT2D eigenvalue weighted by molar-refractivity contribution is 7.00. The molecule has 0 amide bonds. The molecule has 0 bridgehead atoms. The van der Waals surface area contributed by atoms with Gasteiger partial charge in [0.2, 0.25) is 5.95 Å². The zero-order valence-electron chi connectivity index (χ0n) is 6.39. The fourth-order valence-corrected chi connectivity index (χ4v) is 1.67. The number of H-pyrrole nitrogens is 1. The molecule has 1 aliphatic rings. The highest BCUT2D eigenvalue weighted by Crippen LogP contribution is 2.29. The number of nitrogens with one attached hydrogen (secondary N) is 1. The van der Waals surface area contributed by atoms with Gasteiger partial charge in [-0.15, -0.1) is 4.37 Å². The Balaban J connectivity index is 1.93. The van der Waals surface area contributed by atoms with Crippen LogP contribution < -0.4 is 4.90 Å². The molecule has 0 spiro atoms. The van der Waals surface area contributed by atoms with Crippen molar-refractivity contribution < 1.29 is 8.78 Å². The van der Waals surface area contributed by atoms with Crippen LogP contribution in [0.5, 0.6) is 0 Å². The van der Waals surface area contributed by atoms with Gasteiger partial charge in [-0.2, -0.15) is 0 Å². The number of anilines is 1. The van der Waals surface area contributed by atoms with Gasteiger partial charge in [-0.3, -0.25) is 4.37 Å². The van der Waals surface area contributed by atoms with Gasteiger partial charge in [-0.05, 0) is 0 Å². The maximum Gasteiger partial charge on any atom is 0.251 e. The molecule has 1 fully saturated rings. The first kappa shape index (κ1) is 7.97. The van der Waals surface area contributed by atoms with Gasteiger partial charge in [0.05, 0.1) is 0 Å². The monoisotopic (exact) mass is 193 g/mol. The maximum absolute atomic E-state index is 12.7. The fraction of sp³-hybridized carbons (Fsp3) is 0.833. The van der Waals surface area contributed by atoms with Crippen LogP contribution in [0.15, 0.2) is 0 Å². The van der Waals surface area contributed by atoms with Crippen molar-refractivity contribution in [3.63, 3.8) is 0 Å². The van der Waals surface area contributed by atoms with Crippen molar-refractivity contribution in [2.45, 2.75) is 18.8 Å². The molecule has 0 aromatic carbocycles. The van der Waals surface area contributed by atoms with Crippen molar-refractivity contribution in [2.75, 3.05) is 18.0 Å². The molecule has 6 heteroatoms. The molecule has 12 heavy (non-hydrogen) atoms. The summed E-state index contributed by atoms with van der Waals surface area (Å²) in [5.41, 5.74) is 0. The van der Waals surface area contributed by atoms with E-state index in [0.29, 0.717) is 13.1 Å². The van der Waals surface area contributed by atoms with Crippen LogP contribution in [0.4, 0.5) is 14.7 Å². The van der Waals surface area contributed by atoms with Gasteiger partial charge in [0.1, 0.15) is 0 Å². The van der Waals surface area contributed by atoms with Gasteiger partial charge in [0.25, 0.3) is 5.92 Å². The second-order valence-corrected chi connectivity index (χ2v) is 3.52. The Morgan fingerprint density at radius 2 is 2.00 bits per heavy atom. The predicted molar refractivity (Wildman–Crippen MR) is 42.9 cm³/mol. The van der Waals surface area contributed by atoms with E-state index in [4.69, 9.17) is 0 Å². The lowest BCUT2D eigenvalue weighted by atomic mass is 10.1. The molecule has 2 heterocycles. The third kappa shape index (κ3) is 1.43. The first-order valence-corrected chi connectivity index (χ1v) is 4.57. The molecule has 1 aliphatic heterocycles. The highest BCUT2D eigenvalue weighted by atomic mass is 32.1. The van der Waals surface area contributed by atoms with Gasteiger partial charge >= 0.3 is 0 Å². The lowest BCUT2D eigenvalue weighted by Crippen LogP contribution is -2.40. The van der Waals surface area contributed by atoms with Crippen LogP contribution in [0.3, 0.4) is 0 Å². The summed E-state index contributed by atoms with van der Waals surface area (Å²) in [4.78, 5) is 1.86. The Morgan fingerprint density at radius 1 is 1.42 bits per heavy atom. The molecule has 1 saturated heterocycles. The third-order valence-electron chi connectivity index (χ3n) is 2.06. The summed E-state index contributed by atoms with van der Waals surface area (Å²) in [6, 6.07) is 0. The van der Waals surface area contributed by atoms with E-state index >= 15 is 0 Å². The molecule has 2 rings (SSSR count). The topological polar surface area (TPSA) is 31.9 Å². The summed E-state index contributed by atoms with van der Waals surface area (Å²) in [6.07, 6.45) is -0.114. The zero-order valence-corrected chi connectivity index (χ0v) is 7.20. The predicted octanol–water partition coefficient (Wildman–Crippen LogP) is 1.71. The molecule has 3 nitrogen and oxygen atoms in total. The minimum Gasteiger partial charge on any atom is -0.341 e. The number of piperidine rings is 1. The van der Waals surface area contributed by atoms with Gasteiger partial charge in [-0.1, -0.05) is 0 Å². The van der Waals surface area contributed by atoms with Gasteiger partial charge in [0, 0.05) is 37.7 Å². The normalized spacial score (nSPS) is 23.0. The first-order chi connectivity index (χ1) is 5.67. The van der Waals surface area contributed by atoms with Gasteiger partial charge < -0.3 is 4.90 Å². The number of hydrogen-bond donors (Lipinski definition) is 1. The van der Waals surface area contributed by atoms with E-state index in [1.165, 1.54) is 11.7 Å². The minimum atomic E-state index is -2.46. The van der Waals surface area contributed by atoms with Crippen LogP contribution in [0.1, 0.15) is 12.8 Å². The highest BCUT2D eigenvalue weighted by Gasteiger charge is 2.34. The molecule has 1 aromatic heterocycles. The standard InChI is InChI=1S/C6H9F2N3S/c7-6(8)1-3-11(4-2-6)5-9-12-10-5/h1-4H2,(H,9,10). The molecule has 0 radical (unpaired) electrons. The Labute approximate surface area is 72.7 Å². The Bertz CT molecular complexity index is 238. The summed E-state index contributed by atoms with van der Waals surface area (Å²) < 4.78 is 32.2. The number of rotatable bonds is 1. The summed E-state index contributed by atoms with van der Waals surface area (Å²) in [7, 11) is 0. The van der Waals surface area contributed by atoms with Crippen molar-refractivity contribution in [1.29, 1.82) is 0 Å². The van der Waals surface area contributed by atoms with Crippen molar-refractivity contribution in [2.24, 2.45) is 0 Å². The fourth-order valence-electron chi connectivity index (χ4n) is 1.25. The molecule has 0 atom stereocenters. The first-order valence-electron chi connectivity index (χ1n) is 3.80. The van der Waals surface area contributed by atoms with E-state index in [1.807, 2.05) is 4.90 Å². The summed E-state index contributed by atoms with van der Waals surface area (Å²) in [5.74, 6) is -1.72. The molecule has 0 unspecified atom stereocenters. The molecule has 0 saturated carbocycles. The van der Waals surface area contributed by atoms with Crippen molar-refractivity contribution in [3.05, 3.63) is 0 Å². The van der Waals surface area contributed by atoms with E-state index in [-0.39, 0.29) is 12.8 Å². The molecular weight excluding hydrogens is 184 g/mol. The summed E-state index contributed by atoms with van der Waals surface area (Å²) in [5, 5.41) is 0. The van der Waals surface area contributed by atoms with Gasteiger partial charge in [0.15, 0.2) is 0 Å². The second kappa shape index (κ2) is 2.69. The molecule has 1 aromatic rings. The van der Waals surface area contributed by atoms with Crippen LogP contribution in [0.2, 0.25) is 0 Å². The molecular formula is C6H9F2N3S. The lowest BCUT2D eigenvalue weighted by molar-refractivity contribution is -0.0222. The number of halogens is 2. The molecule has 68 valence electrons. The van der Waals surface area contributed by atoms with E-state index in [2.05, 4.69) is 8.75 Å². The van der Waals surface area contributed by atoms with E-state index in [9.17, 15) is 8.78 Å². The number of aromatic amines is 1. The van der Waals surface area contributed by atoms with Crippen LogP contribution in [-0.2, 0) is 0 Å². The smallest absolute Gasteiger partial charge is 0.251 e. The van der Waals surface area contributed by atoms with E-state index in [1.54, 1.807) is 0 Å². The van der Waals surface area contributed by atoms with Crippen LogP contribution in [0.25, 0.3) is 0 Å². The Kier molecular flexibility index (Phi) is 1.79. The number of hydrogen-bond acceptors (Lipinski definition) is 3. The average Bonchev–Trinajstić information content (AvgIpc) is 1.89. The van der Waals surface area contributed by atoms with Crippen molar-refractivity contribution in [1.82, 2.24) is 8.75 Å². The third-order valence-corrected chi connectivity index (χ3v) is 2.60. The molecule has 1 N–H and O–H groups in total. The number of alkyl halides is 2. The van der Waals surface area contributed by atoms with Crippen LogP contribution >= 0.6 is 11.7 Å². The van der Waals surface area contributed by atoms with Crippen molar-refractivity contribution >= 4 is 17.7 Å². The quantitative estimate of drug-likeness (QED) is 0.736. The Morgan fingerprint density at radius 3 is 2.42 bits per heavy atom. The number of aromatic nitrogens is 2. The second-order valence-electron chi connectivity index (χ2n) is 2.95. The van der Waals surface area contributed by atoms with E-state index in [0.717, 1.165) is 5.95 Å². The van der Waals surface area contributed by atoms with E-state index < -0.39 is 5.92 Å². The summed E-state index contributed by atoms with van der Waals surface area (Å²) >= 11 is 1.25. The number of nitrogens with zero attached hydrogens (tertiary/aromatic N) is 2. The summed E-state index contributed by atoms with van der Waals surface area (Å²) in [6.45, 7) is 0.804. The Hall–Kier alpha value is -0.650. The average molecular weight is 193 g/mol. The molecule has 0 aliphatic carbocycles. The van der Waals surface area contributed by atoms with Gasteiger partial charge in [-0.25, -0.2) is 8.78 Å². The lowest BCUT2D eigenvalue weighted by Gasteiger charge is -2.32. The zero-order chi connectivity index (χ0) is 8.60. The largest absolute Gasteiger partial charge is 0.341 e.